The van der Waals surface area contributed by atoms with Crippen LogP contribution in [-0.2, 0) is 11.3 Å². The molecule has 0 fully saturated rings. The molecule has 0 amide bonds. The summed E-state index contributed by atoms with van der Waals surface area (Å²) in [6.07, 6.45) is 0. The maximum atomic E-state index is 12.8. The molecule has 0 spiro atoms. The third-order valence-electron chi connectivity index (χ3n) is 4.64. The van der Waals surface area contributed by atoms with Crippen molar-refractivity contribution in [2.45, 2.75) is 47.1 Å². The topological polar surface area (TPSA) is 57.5 Å². The highest BCUT2D eigenvalue weighted by Crippen LogP contribution is 2.27. The normalized spacial score (nSPS) is 10.9. The highest BCUT2D eigenvalue weighted by atomic mass is 16.5. The number of para-hydroxylation sites is 1. The van der Waals surface area contributed by atoms with Crippen LogP contribution in [0.5, 0.6) is 5.75 Å². The molecule has 0 saturated carbocycles. The van der Waals surface area contributed by atoms with Gasteiger partial charge in [0, 0.05) is 17.8 Å². The van der Waals surface area contributed by atoms with Gasteiger partial charge in [0.25, 0.3) is 0 Å². The van der Waals surface area contributed by atoms with Gasteiger partial charge in [-0.05, 0) is 43.9 Å². The van der Waals surface area contributed by atoms with Crippen LogP contribution < -0.4 is 4.74 Å². The second-order valence-corrected chi connectivity index (χ2v) is 6.57. The summed E-state index contributed by atoms with van der Waals surface area (Å²) in [5.74, 6) is 0.444. The second kappa shape index (κ2) is 8.21. The SMILES string of the molecule is CCn1c(C)c(C(=O)COc2ccccc2C(C)C)c(C)c1C(=O)OC. The van der Waals surface area contributed by atoms with Crippen molar-refractivity contribution in [1.82, 2.24) is 4.57 Å². The number of carbonyl (C=O) groups is 2. The van der Waals surface area contributed by atoms with Crippen LogP contribution in [0.15, 0.2) is 24.3 Å². The van der Waals surface area contributed by atoms with Crippen molar-refractivity contribution in [2.24, 2.45) is 0 Å². The number of aromatic nitrogens is 1. The summed E-state index contributed by atoms with van der Waals surface area (Å²) in [5.41, 5.74) is 3.43. The molecule has 2 aromatic rings. The van der Waals surface area contributed by atoms with Gasteiger partial charge in [0.15, 0.2) is 6.61 Å². The average molecular weight is 357 g/mol. The van der Waals surface area contributed by atoms with Crippen LogP contribution in [0.1, 0.15) is 64.4 Å². The molecule has 140 valence electrons. The minimum Gasteiger partial charge on any atom is -0.485 e. The van der Waals surface area contributed by atoms with E-state index in [0.29, 0.717) is 35.0 Å². The molecule has 0 N–H and O–H groups in total. The molecule has 5 heteroatoms. The molecular weight excluding hydrogens is 330 g/mol. The Kier molecular flexibility index (Phi) is 6.24. The van der Waals surface area contributed by atoms with Crippen molar-refractivity contribution in [3.8, 4) is 5.75 Å². The Balaban J connectivity index is 2.31. The number of carbonyl (C=O) groups excluding carboxylic acids is 2. The number of nitrogens with zero attached hydrogens (tertiary/aromatic N) is 1. The summed E-state index contributed by atoms with van der Waals surface area (Å²) in [4.78, 5) is 25.0. The summed E-state index contributed by atoms with van der Waals surface area (Å²) in [6, 6.07) is 7.73. The predicted octanol–water partition coefficient (Wildman–Crippen LogP) is 4.30. The molecule has 1 aromatic carbocycles. The maximum absolute atomic E-state index is 12.8. The van der Waals surface area contributed by atoms with Gasteiger partial charge < -0.3 is 14.0 Å². The Morgan fingerprint density at radius 1 is 1.15 bits per heavy atom. The zero-order valence-electron chi connectivity index (χ0n) is 16.4. The third-order valence-corrected chi connectivity index (χ3v) is 4.64. The van der Waals surface area contributed by atoms with E-state index in [2.05, 4.69) is 13.8 Å². The summed E-state index contributed by atoms with van der Waals surface area (Å²) in [5, 5.41) is 0. The van der Waals surface area contributed by atoms with Crippen LogP contribution >= 0.6 is 0 Å². The van der Waals surface area contributed by atoms with Crippen LogP contribution in [0.2, 0.25) is 0 Å². The number of Topliss-reactive ketones (excluding diaryl/α,β-unsaturated/α-hetero) is 1. The number of rotatable bonds is 7. The van der Waals surface area contributed by atoms with Gasteiger partial charge in [-0.2, -0.15) is 0 Å². The highest BCUT2D eigenvalue weighted by molar-refractivity contribution is 6.03. The van der Waals surface area contributed by atoms with Gasteiger partial charge in [-0.15, -0.1) is 0 Å². The van der Waals surface area contributed by atoms with Crippen LogP contribution in [0.3, 0.4) is 0 Å². The predicted molar refractivity (Wildman–Crippen MR) is 101 cm³/mol. The molecule has 1 aromatic heterocycles. The van der Waals surface area contributed by atoms with E-state index in [4.69, 9.17) is 9.47 Å². The summed E-state index contributed by atoms with van der Waals surface area (Å²) in [6.45, 7) is 10.2. The van der Waals surface area contributed by atoms with Crippen molar-refractivity contribution < 1.29 is 19.1 Å². The highest BCUT2D eigenvalue weighted by Gasteiger charge is 2.26. The van der Waals surface area contributed by atoms with E-state index in [1.807, 2.05) is 42.7 Å². The first-order valence-electron chi connectivity index (χ1n) is 8.86. The first-order chi connectivity index (χ1) is 12.3. The first-order valence-corrected chi connectivity index (χ1v) is 8.86. The number of esters is 1. The molecule has 0 radical (unpaired) electrons. The van der Waals surface area contributed by atoms with Gasteiger partial charge in [-0.3, -0.25) is 4.79 Å². The second-order valence-electron chi connectivity index (χ2n) is 6.57. The lowest BCUT2D eigenvalue weighted by Gasteiger charge is -2.13. The van der Waals surface area contributed by atoms with Gasteiger partial charge >= 0.3 is 5.97 Å². The Morgan fingerprint density at radius 3 is 2.38 bits per heavy atom. The summed E-state index contributed by atoms with van der Waals surface area (Å²) < 4.78 is 12.5. The van der Waals surface area contributed by atoms with Gasteiger partial charge in [0.1, 0.15) is 11.4 Å². The Hall–Kier alpha value is -2.56. The number of hydrogen-bond acceptors (Lipinski definition) is 4. The Morgan fingerprint density at radius 2 is 1.81 bits per heavy atom. The van der Waals surface area contributed by atoms with Crippen LogP contribution in [0, 0.1) is 13.8 Å². The van der Waals surface area contributed by atoms with Gasteiger partial charge in [-0.25, -0.2) is 4.79 Å². The molecule has 0 aliphatic carbocycles. The smallest absolute Gasteiger partial charge is 0.354 e. The van der Waals surface area contributed by atoms with Crippen molar-refractivity contribution in [1.29, 1.82) is 0 Å². The third kappa shape index (κ3) is 3.66. The molecule has 0 aliphatic heterocycles. The lowest BCUT2D eigenvalue weighted by atomic mass is 10.0. The van der Waals surface area contributed by atoms with E-state index in [-0.39, 0.29) is 12.4 Å². The molecule has 0 unspecified atom stereocenters. The molecular formula is C21H27NO4. The molecule has 0 atom stereocenters. The molecule has 0 aliphatic rings. The van der Waals surface area contributed by atoms with Gasteiger partial charge in [-0.1, -0.05) is 32.0 Å². The molecule has 0 bridgehead atoms. The molecule has 5 nitrogen and oxygen atoms in total. The largest absolute Gasteiger partial charge is 0.485 e. The van der Waals surface area contributed by atoms with Crippen molar-refractivity contribution in [3.05, 3.63) is 52.3 Å². The van der Waals surface area contributed by atoms with Crippen molar-refractivity contribution in [3.63, 3.8) is 0 Å². The van der Waals surface area contributed by atoms with E-state index in [0.717, 1.165) is 11.3 Å². The Labute approximate surface area is 154 Å². The number of ketones is 1. The number of methoxy groups -OCH3 is 1. The van der Waals surface area contributed by atoms with Crippen LogP contribution in [-0.4, -0.2) is 30.0 Å². The fraction of sp³-hybridized carbons (Fsp3) is 0.429. The van der Waals surface area contributed by atoms with E-state index in [1.165, 1.54) is 7.11 Å². The van der Waals surface area contributed by atoms with E-state index < -0.39 is 5.97 Å². The number of ether oxygens (including phenoxy) is 2. The number of hydrogen-bond donors (Lipinski definition) is 0. The molecule has 0 saturated heterocycles. The zero-order chi connectivity index (χ0) is 19.4. The lowest BCUT2D eigenvalue weighted by Crippen LogP contribution is -2.14. The molecule has 26 heavy (non-hydrogen) atoms. The van der Waals surface area contributed by atoms with Crippen molar-refractivity contribution >= 4 is 11.8 Å². The van der Waals surface area contributed by atoms with E-state index >= 15 is 0 Å². The van der Waals surface area contributed by atoms with E-state index in [9.17, 15) is 9.59 Å². The first kappa shape index (κ1) is 19.8. The molecule has 2 rings (SSSR count). The van der Waals surface area contributed by atoms with E-state index in [1.54, 1.807) is 6.92 Å². The molecule has 1 heterocycles. The standard InChI is InChI=1S/C21H27NO4/c1-7-22-15(5)19(14(4)20(22)21(24)25-6)17(23)12-26-18-11-9-8-10-16(18)13(2)3/h8-11,13H,7,12H2,1-6H3. The number of benzene rings is 1. The summed E-state index contributed by atoms with van der Waals surface area (Å²) >= 11 is 0. The van der Waals surface area contributed by atoms with Crippen molar-refractivity contribution in [2.75, 3.05) is 13.7 Å². The van der Waals surface area contributed by atoms with Gasteiger partial charge in [0.05, 0.1) is 7.11 Å². The fourth-order valence-electron chi connectivity index (χ4n) is 3.37. The lowest BCUT2D eigenvalue weighted by molar-refractivity contribution is 0.0587. The maximum Gasteiger partial charge on any atom is 0.354 e. The Bertz CT molecular complexity index is 818. The zero-order valence-corrected chi connectivity index (χ0v) is 16.4. The van der Waals surface area contributed by atoms with Crippen LogP contribution in [0.4, 0.5) is 0 Å². The quantitative estimate of drug-likeness (QED) is 0.548. The minimum absolute atomic E-state index is 0.0697. The minimum atomic E-state index is -0.433. The van der Waals surface area contributed by atoms with Gasteiger partial charge in [0.2, 0.25) is 5.78 Å². The van der Waals surface area contributed by atoms with Crippen LogP contribution in [0.25, 0.3) is 0 Å². The average Bonchev–Trinajstić information content (AvgIpc) is 2.88. The monoisotopic (exact) mass is 357 g/mol. The fourth-order valence-corrected chi connectivity index (χ4v) is 3.37. The summed E-state index contributed by atoms with van der Waals surface area (Å²) in [7, 11) is 1.34.